The Morgan fingerprint density at radius 1 is 1.17 bits per heavy atom. The molecule has 0 aromatic rings. The third kappa shape index (κ3) is 2.26. The molecule has 0 aromatic carbocycles. The van der Waals surface area contributed by atoms with Crippen LogP contribution < -0.4 is 5.32 Å². The van der Waals surface area contributed by atoms with Crippen LogP contribution in [0.15, 0.2) is 0 Å². The summed E-state index contributed by atoms with van der Waals surface area (Å²) in [6.07, 6.45) is 6.41. The van der Waals surface area contributed by atoms with Crippen LogP contribution in [0.3, 0.4) is 0 Å². The molecular weight excluding hydrogens is 328 g/mol. The van der Waals surface area contributed by atoms with Gasteiger partial charge in [0.25, 0.3) is 0 Å². The molecule has 0 radical (unpaired) electrons. The quantitative estimate of drug-likeness (QED) is 0.580. The molecule has 2 unspecified atom stereocenters. The number of rotatable bonds is 4. The number of carbonyl (C=O) groups is 2. The third-order valence-electron chi connectivity index (χ3n) is 6.56. The van der Waals surface area contributed by atoms with E-state index in [2.05, 4.69) is 23.1 Å². The highest BCUT2D eigenvalue weighted by Crippen LogP contribution is 2.51. The molecular formula is C16H24N4O3S. The Bertz CT molecular complexity index is 570. The number of hydroxylamine groups is 2. The molecule has 24 heavy (non-hydrogen) atoms. The number of fused-ring (bicyclic) bond motifs is 2. The SMILES string of the molecule is O=C(NC1CC2(C1)CN(C1CC1)C2)C1CCC2CN1C(=O)N2OS. The molecule has 3 amide bonds. The Labute approximate surface area is 147 Å². The molecule has 1 N–H and O–H groups in total. The predicted octanol–water partition coefficient (Wildman–Crippen LogP) is 0.774. The van der Waals surface area contributed by atoms with Crippen LogP contribution in [0.25, 0.3) is 0 Å². The molecule has 1 spiro atoms. The van der Waals surface area contributed by atoms with E-state index >= 15 is 0 Å². The standard InChI is InChI=1S/C16H24N4O3S/c21-14(13-4-3-12-7-19(13)15(22)20(12)23-24)17-10-5-16(6-10)8-18(9-16)11-1-2-11/h10-13,24H,1-9H2,(H,17,21). The van der Waals surface area contributed by atoms with Gasteiger partial charge >= 0.3 is 6.03 Å². The van der Waals surface area contributed by atoms with Crippen molar-refractivity contribution in [1.29, 1.82) is 0 Å². The van der Waals surface area contributed by atoms with Gasteiger partial charge in [0, 0.05) is 44.6 Å². The summed E-state index contributed by atoms with van der Waals surface area (Å²) in [5.74, 6) is 0.000960. The fraction of sp³-hybridized carbons (Fsp3) is 0.875. The zero-order valence-electron chi connectivity index (χ0n) is 13.7. The van der Waals surface area contributed by atoms with Crippen LogP contribution >= 0.6 is 12.9 Å². The van der Waals surface area contributed by atoms with Gasteiger partial charge in [0.05, 0.1) is 6.04 Å². The molecule has 2 saturated carbocycles. The van der Waals surface area contributed by atoms with Gasteiger partial charge < -0.3 is 10.2 Å². The van der Waals surface area contributed by atoms with Gasteiger partial charge in [-0.25, -0.2) is 9.08 Å². The Kier molecular flexibility index (Phi) is 3.34. The first-order valence-electron chi connectivity index (χ1n) is 9.04. The van der Waals surface area contributed by atoms with Gasteiger partial charge in [-0.15, -0.1) is 0 Å². The van der Waals surface area contributed by atoms with Crippen LogP contribution in [-0.4, -0.2) is 70.6 Å². The number of hydrogen-bond donors (Lipinski definition) is 2. The van der Waals surface area contributed by atoms with Crippen LogP contribution in [0.5, 0.6) is 0 Å². The van der Waals surface area contributed by atoms with Gasteiger partial charge in [0.1, 0.15) is 6.04 Å². The summed E-state index contributed by atoms with van der Waals surface area (Å²) in [6.45, 7) is 2.99. The summed E-state index contributed by atoms with van der Waals surface area (Å²) >= 11 is 3.75. The molecule has 2 atom stereocenters. The summed E-state index contributed by atoms with van der Waals surface area (Å²) in [5.41, 5.74) is 0.471. The van der Waals surface area contributed by atoms with E-state index in [4.69, 9.17) is 4.28 Å². The highest BCUT2D eigenvalue weighted by molar-refractivity contribution is 7.75. The zero-order chi connectivity index (χ0) is 16.5. The van der Waals surface area contributed by atoms with E-state index in [0.29, 0.717) is 18.4 Å². The smallest absolute Gasteiger partial charge is 0.345 e. The first-order valence-corrected chi connectivity index (χ1v) is 9.41. The van der Waals surface area contributed by atoms with Crippen molar-refractivity contribution in [2.45, 2.75) is 62.7 Å². The molecule has 8 heteroatoms. The van der Waals surface area contributed by atoms with Crippen LogP contribution in [0.4, 0.5) is 4.79 Å². The first kappa shape index (κ1) is 15.3. The third-order valence-corrected chi connectivity index (χ3v) is 6.73. The summed E-state index contributed by atoms with van der Waals surface area (Å²) in [6, 6.07) is 0.568. The van der Waals surface area contributed by atoms with Crippen molar-refractivity contribution in [3.8, 4) is 0 Å². The van der Waals surface area contributed by atoms with Crippen molar-refractivity contribution in [1.82, 2.24) is 20.2 Å². The Balaban J connectivity index is 1.14. The molecule has 7 nitrogen and oxygen atoms in total. The summed E-state index contributed by atoms with van der Waals surface area (Å²) in [4.78, 5) is 29.1. The molecule has 2 bridgehead atoms. The van der Waals surface area contributed by atoms with E-state index in [1.165, 1.54) is 31.0 Å². The lowest BCUT2D eigenvalue weighted by molar-refractivity contribution is -0.132. The van der Waals surface area contributed by atoms with E-state index < -0.39 is 0 Å². The fourth-order valence-electron chi connectivity index (χ4n) is 5.17. The molecule has 3 heterocycles. The summed E-state index contributed by atoms with van der Waals surface area (Å²) in [5, 5.41) is 4.46. The molecule has 5 aliphatic rings. The van der Waals surface area contributed by atoms with Crippen molar-refractivity contribution >= 4 is 24.8 Å². The van der Waals surface area contributed by atoms with E-state index in [1.54, 1.807) is 4.90 Å². The number of nitrogens with one attached hydrogen (secondary N) is 1. The van der Waals surface area contributed by atoms with Crippen LogP contribution in [0.2, 0.25) is 0 Å². The minimum atomic E-state index is -0.358. The minimum absolute atomic E-state index is 0.000960. The van der Waals surface area contributed by atoms with Crippen molar-refractivity contribution in [2.24, 2.45) is 5.41 Å². The normalized spacial score (nSPS) is 35.1. The van der Waals surface area contributed by atoms with Crippen LogP contribution in [0, 0.1) is 5.41 Å². The maximum Gasteiger partial charge on any atom is 0.345 e. The van der Waals surface area contributed by atoms with Crippen molar-refractivity contribution in [3.63, 3.8) is 0 Å². The number of urea groups is 1. The Hall–Kier alpha value is -0.990. The van der Waals surface area contributed by atoms with Crippen molar-refractivity contribution in [3.05, 3.63) is 0 Å². The molecule has 3 aliphatic heterocycles. The van der Waals surface area contributed by atoms with Gasteiger partial charge in [-0.2, -0.15) is 5.06 Å². The molecule has 5 fully saturated rings. The maximum absolute atomic E-state index is 12.6. The second-order valence-corrected chi connectivity index (χ2v) is 8.50. The van der Waals surface area contributed by atoms with Gasteiger partial charge in [0.15, 0.2) is 0 Å². The van der Waals surface area contributed by atoms with Crippen LogP contribution in [-0.2, 0) is 9.08 Å². The minimum Gasteiger partial charge on any atom is -0.352 e. The van der Waals surface area contributed by atoms with E-state index in [9.17, 15) is 9.59 Å². The highest BCUT2D eigenvalue weighted by atomic mass is 32.1. The number of carbonyl (C=O) groups excluding carboxylic acids is 2. The lowest BCUT2D eigenvalue weighted by atomic mass is 9.60. The second kappa shape index (κ2) is 5.25. The summed E-state index contributed by atoms with van der Waals surface area (Å²) in [7, 11) is 0. The largest absolute Gasteiger partial charge is 0.352 e. The molecule has 2 aliphatic carbocycles. The molecule has 0 aromatic heterocycles. The lowest BCUT2D eigenvalue weighted by Gasteiger charge is -2.59. The zero-order valence-corrected chi connectivity index (χ0v) is 14.6. The number of nitrogens with zero attached hydrogens (tertiary/aromatic N) is 3. The Morgan fingerprint density at radius 3 is 2.54 bits per heavy atom. The maximum atomic E-state index is 12.6. The number of thiol groups is 1. The average Bonchev–Trinajstić information content (AvgIpc) is 3.29. The average molecular weight is 352 g/mol. The number of likely N-dealkylation sites (tertiary alicyclic amines) is 1. The topological polar surface area (TPSA) is 65.1 Å². The highest BCUT2D eigenvalue weighted by Gasteiger charge is 2.56. The molecule has 5 rings (SSSR count). The van der Waals surface area contributed by atoms with E-state index in [1.807, 2.05) is 0 Å². The van der Waals surface area contributed by atoms with Gasteiger partial charge in [-0.3, -0.25) is 9.69 Å². The number of hydrogen-bond acceptors (Lipinski definition) is 5. The van der Waals surface area contributed by atoms with Gasteiger partial charge in [0.2, 0.25) is 5.91 Å². The van der Waals surface area contributed by atoms with Crippen LogP contribution in [0.1, 0.15) is 38.5 Å². The molecule has 132 valence electrons. The monoisotopic (exact) mass is 352 g/mol. The van der Waals surface area contributed by atoms with E-state index in [0.717, 1.165) is 25.3 Å². The van der Waals surface area contributed by atoms with E-state index in [-0.39, 0.29) is 30.1 Å². The lowest BCUT2D eigenvalue weighted by Crippen LogP contribution is -2.67. The fourth-order valence-corrected chi connectivity index (χ4v) is 5.37. The Morgan fingerprint density at radius 2 is 1.88 bits per heavy atom. The predicted molar refractivity (Wildman–Crippen MR) is 89.0 cm³/mol. The number of amides is 3. The van der Waals surface area contributed by atoms with Crippen molar-refractivity contribution < 1.29 is 13.9 Å². The number of piperidine rings is 1. The van der Waals surface area contributed by atoms with Gasteiger partial charge in [-0.1, -0.05) is 0 Å². The van der Waals surface area contributed by atoms with Crippen molar-refractivity contribution in [2.75, 3.05) is 19.6 Å². The molecule has 3 saturated heterocycles. The first-order chi connectivity index (χ1) is 11.6. The van der Waals surface area contributed by atoms with Gasteiger partial charge in [-0.05, 0) is 43.9 Å². The second-order valence-electron chi connectivity index (χ2n) is 8.34. The summed E-state index contributed by atoms with van der Waals surface area (Å²) < 4.78 is 4.86.